The number of hydrogen-bond donors (Lipinski definition) is 0. The van der Waals surface area contributed by atoms with Crippen molar-refractivity contribution in [2.45, 2.75) is 19.3 Å². The van der Waals surface area contributed by atoms with Crippen LogP contribution in [0.3, 0.4) is 0 Å². The van der Waals surface area contributed by atoms with Gasteiger partial charge in [0.05, 0.1) is 13.5 Å². The van der Waals surface area contributed by atoms with Crippen LogP contribution in [0.4, 0.5) is 4.39 Å². The maximum atomic E-state index is 13.9. The zero-order chi connectivity index (χ0) is 15.2. The van der Waals surface area contributed by atoms with Crippen LogP contribution in [0.25, 0.3) is 0 Å². The van der Waals surface area contributed by atoms with Crippen LogP contribution in [0.1, 0.15) is 18.4 Å². The lowest BCUT2D eigenvalue weighted by atomic mass is 9.99. The highest BCUT2D eigenvalue weighted by Gasteiger charge is 2.19. The Bertz CT molecular complexity index is 486. The van der Waals surface area contributed by atoms with E-state index in [1.807, 2.05) is 0 Å². The van der Waals surface area contributed by atoms with Gasteiger partial charge in [-0.1, -0.05) is 6.07 Å². The zero-order valence-corrected chi connectivity index (χ0v) is 12.6. The van der Waals surface area contributed by atoms with Crippen molar-refractivity contribution in [3.8, 4) is 5.75 Å². The summed E-state index contributed by atoms with van der Waals surface area (Å²) in [4.78, 5) is 13.9. The summed E-state index contributed by atoms with van der Waals surface area (Å²) in [7, 11) is 3.26. The number of amides is 1. The van der Waals surface area contributed by atoms with Crippen LogP contribution in [0.15, 0.2) is 18.2 Å². The van der Waals surface area contributed by atoms with Crippen LogP contribution in [0, 0.1) is 11.7 Å². The predicted molar refractivity (Wildman–Crippen MR) is 77.8 cm³/mol. The third kappa shape index (κ3) is 4.43. The molecule has 1 aromatic rings. The first kappa shape index (κ1) is 15.8. The maximum Gasteiger partial charge on any atom is 0.226 e. The molecule has 0 unspecified atom stereocenters. The molecule has 0 aromatic heterocycles. The van der Waals surface area contributed by atoms with Gasteiger partial charge in [-0.2, -0.15) is 0 Å². The molecule has 0 radical (unpaired) electrons. The van der Waals surface area contributed by atoms with Gasteiger partial charge < -0.3 is 14.4 Å². The van der Waals surface area contributed by atoms with Crippen molar-refractivity contribution in [2.24, 2.45) is 5.92 Å². The molecule has 0 saturated carbocycles. The highest BCUT2D eigenvalue weighted by molar-refractivity contribution is 5.78. The van der Waals surface area contributed by atoms with Crippen LogP contribution < -0.4 is 4.74 Å². The van der Waals surface area contributed by atoms with E-state index in [4.69, 9.17) is 9.47 Å². The van der Waals surface area contributed by atoms with Crippen molar-refractivity contribution in [3.63, 3.8) is 0 Å². The quantitative estimate of drug-likeness (QED) is 0.836. The molecule has 1 amide bonds. The number of likely N-dealkylation sites (N-methyl/N-ethyl adjacent to an activating group) is 1. The lowest BCUT2D eigenvalue weighted by Crippen LogP contribution is -2.35. The van der Waals surface area contributed by atoms with E-state index < -0.39 is 5.82 Å². The van der Waals surface area contributed by atoms with E-state index in [1.54, 1.807) is 24.1 Å². The van der Waals surface area contributed by atoms with E-state index in [-0.39, 0.29) is 12.3 Å². The maximum absolute atomic E-state index is 13.9. The minimum absolute atomic E-state index is 0.0643. The fourth-order valence-electron chi connectivity index (χ4n) is 2.51. The Labute approximate surface area is 124 Å². The van der Waals surface area contributed by atoms with Crippen LogP contribution in [0.2, 0.25) is 0 Å². The molecule has 0 N–H and O–H groups in total. The standard InChI is InChI=1S/C16H22FNO3/c1-18(11-12-5-7-21-8-6-12)16(19)9-13-3-4-14(20-2)10-15(13)17/h3-4,10,12H,5-9,11H2,1-2H3. The van der Waals surface area contributed by atoms with Gasteiger partial charge in [-0.15, -0.1) is 0 Å². The lowest BCUT2D eigenvalue weighted by Gasteiger charge is -2.27. The molecule has 1 aliphatic rings. The molecule has 1 saturated heterocycles. The van der Waals surface area contributed by atoms with Crippen molar-refractivity contribution < 1.29 is 18.7 Å². The monoisotopic (exact) mass is 295 g/mol. The fourth-order valence-corrected chi connectivity index (χ4v) is 2.51. The van der Waals surface area contributed by atoms with E-state index in [0.29, 0.717) is 23.8 Å². The molecule has 1 aromatic carbocycles. The summed E-state index contributed by atoms with van der Waals surface area (Å²) >= 11 is 0. The zero-order valence-electron chi connectivity index (χ0n) is 12.6. The van der Waals surface area contributed by atoms with Crippen LogP contribution >= 0.6 is 0 Å². The van der Waals surface area contributed by atoms with Gasteiger partial charge >= 0.3 is 0 Å². The van der Waals surface area contributed by atoms with Gasteiger partial charge in [-0.25, -0.2) is 4.39 Å². The normalized spacial score (nSPS) is 15.8. The predicted octanol–water partition coefficient (Wildman–Crippen LogP) is 2.26. The number of hydrogen-bond acceptors (Lipinski definition) is 3. The smallest absolute Gasteiger partial charge is 0.226 e. The molecule has 21 heavy (non-hydrogen) atoms. The molecular weight excluding hydrogens is 273 g/mol. The first-order chi connectivity index (χ1) is 10.1. The van der Waals surface area contributed by atoms with Gasteiger partial charge in [0.25, 0.3) is 0 Å². The molecule has 0 aliphatic carbocycles. The van der Waals surface area contributed by atoms with Gasteiger partial charge in [-0.3, -0.25) is 4.79 Å². The molecule has 1 aliphatic heterocycles. The first-order valence-electron chi connectivity index (χ1n) is 7.24. The van der Waals surface area contributed by atoms with Gasteiger partial charge in [0.2, 0.25) is 5.91 Å². The lowest BCUT2D eigenvalue weighted by molar-refractivity contribution is -0.130. The van der Waals surface area contributed by atoms with Crippen molar-refractivity contribution in [1.29, 1.82) is 0 Å². The minimum Gasteiger partial charge on any atom is -0.497 e. The number of nitrogens with zero attached hydrogens (tertiary/aromatic N) is 1. The minimum atomic E-state index is -0.401. The summed E-state index contributed by atoms with van der Waals surface area (Å²) in [5.74, 6) is 0.473. The highest BCUT2D eigenvalue weighted by atomic mass is 19.1. The van der Waals surface area contributed by atoms with E-state index in [0.717, 1.165) is 26.1 Å². The van der Waals surface area contributed by atoms with E-state index in [9.17, 15) is 9.18 Å². The molecule has 4 nitrogen and oxygen atoms in total. The van der Waals surface area contributed by atoms with Gasteiger partial charge in [0.1, 0.15) is 11.6 Å². The number of ether oxygens (including phenoxy) is 2. The number of carbonyl (C=O) groups is 1. The number of methoxy groups -OCH3 is 1. The van der Waals surface area contributed by atoms with Gasteiger partial charge in [0, 0.05) is 32.9 Å². The molecule has 0 spiro atoms. The molecule has 116 valence electrons. The summed E-state index contributed by atoms with van der Waals surface area (Å²) < 4.78 is 24.1. The Kier molecular flexibility index (Phi) is 5.56. The second-order valence-corrected chi connectivity index (χ2v) is 5.46. The summed E-state index contributed by atoms with van der Waals surface area (Å²) in [5, 5.41) is 0. The van der Waals surface area contributed by atoms with Crippen molar-refractivity contribution in [3.05, 3.63) is 29.6 Å². The number of rotatable bonds is 5. The third-order valence-electron chi connectivity index (χ3n) is 3.90. The first-order valence-corrected chi connectivity index (χ1v) is 7.24. The average molecular weight is 295 g/mol. The molecule has 0 atom stereocenters. The number of halogens is 1. The second-order valence-electron chi connectivity index (χ2n) is 5.46. The Morgan fingerprint density at radius 1 is 1.43 bits per heavy atom. The van der Waals surface area contributed by atoms with E-state index >= 15 is 0 Å². The molecular formula is C16H22FNO3. The van der Waals surface area contributed by atoms with Crippen molar-refractivity contribution >= 4 is 5.91 Å². The second kappa shape index (κ2) is 7.41. The van der Waals surface area contributed by atoms with Crippen LogP contribution in [-0.4, -0.2) is 44.7 Å². The van der Waals surface area contributed by atoms with Crippen LogP contribution in [0.5, 0.6) is 5.75 Å². The van der Waals surface area contributed by atoms with E-state index in [1.165, 1.54) is 13.2 Å². The Hall–Kier alpha value is -1.62. The Balaban J connectivity index is 1.90. The van der Waals surface area contributed by atoms with Gasteiger partial charge in [0.15, 0.2) is 0 Å². The Morgan fingerprint density at radius 2 is 2.14 bits per heavy atom. The van der Waals surface area contributed by atoms with Gasteiger partial charge in [-0.05, 0) is 30.4 Å². The van der Waals surface area contributed by atoms with E-state index in [2.05, 4.69) is 0 Å². The molecule has 0 bridgehead atoms. The molecule has 2 rings (SSSR count). The average Bonchev–Trinajstić information content (AvgIpc) is 2.50. The summed E-state index contributed by atoms with van der Waals surface area (Å²) in [6, 6.07) is 4.58. The number of carbonyl (C=O) groups excluding carboxylic acids is 1. The summed E-state index contributed by atoms with van der Waals surface area (Å²) in [6.45, 7) is 2.24. The summed E-state index contributed by atoms with van der Waals surface area (Å²) in [6.07, 6.45) is 2.04. The van der Waals surface area contributed by atoms with Crippen molar-refractivity contribution in [1.82, 2.24) is 4.90 Å². The highest BCUT2D eigenvalue weighted by Crippen LogP contribution is 2.19. The Morgan fingerprint density at radius 3 is 2.76 bits per heavy atom. The van der Waals surface area contributed by atoms with Crippen molar-refractivity contribution in [2.75, 3.05) is 33.9 Å². The SMILES string of the molecule is COc1ccc(CC(=O)N(C)CC2CCOCC2)c(F)c1. The number of benzene rings is 1. The fraction of sp³-hybridized carbons (Fsp3) is 0.562. The third-order valence-corrected chi connectivity index (χ3v) is 3.90. The molecule has 1 fully saturated rings. The summed E-state index contributed by atoms with van der Waals surface area (Å²) in [5.41, 5.74) is 0.402. The largest absolute Gasteiger partial charge is 0.497 e. The van der Waals surface area contributed by atoms with Crippen LogP contribution in [-0.2, 0) is 16.0 Å². The molecule has 1 heterocycles. The topological polar surface area (TPSA) is 38.8 Å². The molecule has 5 heteroatoms.